The van der Waals surface area contributed by atoms with Gasteiger partial charge in [-0.05, 0) is 44.4 Å². The third-order valence-corrected chi connectivity index (χ3v) is 6.08. The summed E-state index contributed by atoms with van der Waals surface area (Å²) in [6.45, 7) is 9.52. The minimum Gasteiger partial charge on any atom is -0.348 e. The van der Waals surface area contributed by atoms with Gasteiger partial charge in [0.1, 0.15) is 0 Å². The van der Waals surface area contributed by atoms with Crippen LogP contribution in [0.2, 0.25) is 0 Å². The number of para-hydroxylation sites is 2. The van der Waals surface area contributed by atoms with E-state index in [1.807, 2.05) is 41.7 Å². The van der Waals surface area contributed by atoms with Crippen molar-refractivity contribution < 1.29 is 4.79 Å². The number of aromatic amines is 1. The van der Waals surface area contributed by atoms with E-state index in [0.717, 1.165) is 46.1 Å². The summed E-state index contributed by atoms with van der Waals surface area (Å²) in [6, 6.07) is 9.95. The lowest BCUT2D eigenvalue weighted by Crippen LogP contribution is -2.08. The van der Waals surface area contributed by atoms with Crippen LogP contribution in [0.3, 0.4) is 0 Å². The van der Waals surface area contributed by atoms with Gasteiger partial charge < -0.3 is 4.57 Å². The summed E-state index contributed by atoms with van der Waals surface area (Å²) in [5, 5.41) is 8.06. The van der Waals surface area contributed by atoms with Gasteiger partial charge in [0.2, 0.25) is 5.78 Å². The molecule has 0 aliphatic rings. The first kappa shape index (κ1) is 18.8. The van der Waals surface area contributed by atoms with E-state index >= 15 is 0 Å². The number of nitrogens with one attached hydrogen (secondary N) is 1. The van der Waals surface area contributed by atoms with E-state index in [2.05, 4.69) is 40.5 Å². The Balaban J connectivity index is 1.54. The first-order chi connectivity index (χ1) is 13.5. The molecule has 28 heavy (non-hydrogen) atoms. The SMILES string of the molecule is Cc1cc(C(=O)CSc2n[nH]c3nc4ccccc4n23)c(C)n1CCC(C)C. The molecule has 7 heteroatoms. The maximum absolute atomic E-state index is 12.9. The van der Waals surface area contributed by atoms with Crippen LogP contribution in [0.15, 0.2) is 35.5 Å². The second-order valence-electron chi connectivity index (χ2n) is 7.60. The molecule has 3 heterocycles. The van der Waals surface area contributed by atoms with E-state index in [9.17, 15) is 4.79 Å². The Labute approximate surface area is 168 Å². The average molecular weight is 396 g/mol. The Morgan fingerprint density at radius 1 is 1.25 bits per heavy atom. The molecule has 0 saturated heterocycles. The number of H-pyrrole nitrogens is 1. The van der Waals surface area contributed by atoms with E-state index in [1.165, 1.54) is 11.8 Å². The summed E-state index contributed by atoms with van der Waals surface area (Å²) in [6.07, 6.45) is 1.11. The van der Waals surface area contributed by atoms with Gasteiger partial charge in [-0.3, -0.25) is 9.20 Å². The predicted octanol–water partition coefficient (Wildman–Crippen LogP) is 4.65. The standard InChI is InChI=1S/C21H25N5OS/c1-13(2)9-10-25-14(3)11-16(15(25)4)19(27)12-28-21-24-23-20-22-17-7-5-6-8-18(17)26(20)21/h5-8,11,13H,9-10,12H2,1-4H3,(H,22,23). The Morgan fingerprint density at radius 3 is 2.82 bits per heavy atom. The van der Waals surface area contributed by atoms with Crippen molar-refractivity contribution in [3.8, 4) is 0 Å². The second kappa shape index (κ2) is 7.47. The van der Waals surface area contributed by atoms with E-state index in [1.54, 1.807) is 0 Å². The number of thioether (sulfide) groups is 1. The number of nitrogens with zero attached hydrogens (tertiary/aromatic N) is 4. The van der Waals surface area contributed by atoms with Gasteiger partial charge >= 0.3 is 0 Å². The Kier molecular flexibility index (Phi) is 5.02. The highest BCUT2D eigenvalue weighted by Crippen LogP contribution is 2.25. The van der Waals surface area contributed by atoms with E-state index in [0.29, 0.717) is 17.4 Å². The third kappa shape index (κ3) is 3.35. The number of aromatic nitrogens is 5. The summed E-state index contributed by atoms with van der Waals surface area (Å²) in [4.78, 5) is 17.4. The zero-order chi connectivity index (χ0) is 19.8. The molecule has 6 nitrogen and oxygen atoms in total. The number of hydrogen-bond donors (Lipinski definition) is 1. The zero-order valence-electron chi connectivity index (χ0n) is 16.7. The minimum absolute atomic E-state index is 0.134. The van der Waals surface area contributed by atoms with Gasteiger partial charge in [0, 0.05) is 23.5 Å². The fraction of sp³-hybridized carbons (Fsp3) is 0.381. The monoisotopic (exact) mass is 395 g/mol. The van der Waals surface area contributed by atoms with Gasteiger partial charge in [-0.2, -0.15) is 0 Å². The van der Waals surface area contributed by atoms with Crippen molar-refractivity contribution in [2.24, 2.45) is 5.92 Å². The fourth-order valence-corrected chi connectivity index (χ4v) is 4.40. The van der Waals surface area contributed by atoms with Crippen molar-refractivity contribution >= 4 is 34.4 Å². The molecule has 146 valence electrons. The highest BCUT2D eigenvalue weighted by atomic mass is 32.2. The molecule has 0 radical (unpaired) electrons. The van der Waals surface area contributed by atoms with Crippen LogP contribution in [0.1, 0.15) is 42.0 Å². The van der Waals surface area contributed by atoms with Crippen molar-refractivity contribution in [1.29, 1.82) is 0 Å². The number of rotatable bonds is 7. The molecule has 0 fully saturated rings. The molecule has 1 aromatic carbocycles. The summed E-state index contributed by atoms with van der Waals surface area (Å²) in [5.41, 5.74) is 4.93. The van der Waals surface area contributed by atoms with Gasteiger partial charge in [0.05, 0.1) is 16.8 Å². The van der Waals surface area contributed by atoms with E-state index in [4.69, 9.17) is 0 Å². The molecular formula is C21H25N5OS. The normalized spacial score (nSPS) is 11.9. The van der Waals surface area contributed by atoms with Gasteiger partial charge in [-0.1, -0.05) is 37.7 Å². The summed E-state index contributed by atoms with van der Waals surface area (Å²) >= 11 is 1.44. The zero-order valence-corrected chi connectivity index (χ0v) is 17.5. The van der Waals surface area contributed by atoms with Crippen LogP contribution >= 0.6 is 11.8 Å². The van der Waals surface area contributed by atoms with Crippen LogP contribution in [-0.4, -0.2) is 35.7 Å². The van der Waals surface area contributed by atoms with Gasteiger partial charge in [0.15, 0.2) is 10.9 Å². The summed E-state index contributed by atoms with van der Waals surface area (Å²) < 4.78 is 4.23. The first-order valence-corrected chi connectivity index (χ1v) is 10.6. The third-order valence-electron chi connectivity index (χ3n) is 5.14. The molecule has 0 spiro atoms. The molecular weight excluding hydrogens is 370 g/mol. The number of benzene rings is 1. The number of carbonyl (C=O) groups is 1. The van der Waals surface area contributed by atoms with Crippen LogP contribution in [-0.2, 0) is 6.54 Å². The fourth-order valence-electron chi connectivity index (χ4n) is 3.56. The smallest absolute Gasteiger partial charge is 0.231 e. The molecule has 0 bridgehead atoms. The lowest BCUT2D eigenvalue weighted by Gasteiger charge is -2.11. The molecule has 4 aromatic rings. The topological polar surface area (TPSA) is 68.0 Å². The molecule has 1 N–H and O–H groups in total. The molecule has 0 unspecified atom stereocenters. The van der Waals surface area contributed by atoms with Crippen molar-refractivity contribution in [1.82, 2.24) is 24.1 Å². The number of aryl methyl sites for hydroxylation is 1. The van der Waals surface area contributed by atoms with Gasteiger partial charge in [0.25, 0.3) is 0 Å². The number of Topliss-reactive ketones (excluding diaryl/α,β-unsaturated/α-hetero) is 1. The van der Waals surface area contributed by atoms with E-state index < -0.39 is 0 Å². The maximum Gasteiger partial charge on any atom is 0.231 e. The molecule has 3 aromatic heterocycles. The van der Waals surface area contributed by atoms with Crippen LogP contribution in [0.4, 0.5) is 0 Å². The van der Waals surface area contributed by atoms with Crippen molar-refractivity contribution in [3.63, 3.8) is 0 Å². The first-order valence-electron chi connectivity index (χ1n) is 9.60. The van der Waals surface area contributed by atoms with E-state index in [-0.39, 0.29) is 5.78 Å². The van der Waals surface area contributed by atoms with Crippen molar-refractivity contribution in [2.45, 2.75) is 45.8 Å². The lowest BCUT2D eigenvalue weighted by molar-refractivity contribution is 0.102. The molecule has 0 amide bonds. The molecule has 0 atom stereocenters. The number of fused-ring (bicyclic) bond motifs is 3. The summed E-state index contributed by atoms with van der Waals surface area (Å²) in [5.74, 6) is 1.82. The van der Waals surface area contributed by atoms with Crippen LogP contribution < -0.4 is 0 Å². The molecule has 0 aliphatic heterocycles. The second-order valence-corrected chi connectivity index (χ2v) is 8.54. The van der Waals surface area contributed by atoms with Gasteiger partial charge in [-0.15, -0.1) is 5.10 Å². The Bertz CT molecular complexity index is 1150. The highest BCUT2D eigenvalue weighted by Gasteiger charge is 2.18. The van der Waals surface area contributed by atoms with Crippen molar-refractivity contribution in [2.75, 3.05) is 5.75 Å². The number of hydrogen-bond acceptors (Lipinski definition) is 4. The van der Waals surface area contributed by atoms with Crippen LogP contribution in [0, 0.1) is 19.8 Å². The van der Waals surface area contributed by atoms with Gasteiger partial charge in [-0.25, -0.2) is 10.1 Å². The number of ketones is 1. The Hall–Kier alpha value is -2.54. The van der Waals surface area contributed by atoms with Crippen LogP contribution in [0.5, 0.6) is 0 Å². The lowest BCUT2D eigenvalue weighted by atomic mass is 10.1. The van der Waals surface area contributed by atoms with Crippen LogP contribution in [0.25, 0.3) is 16.8 Å². The Morgan fingerprint density at radius 2 is 2.04 bits per heavy atom. The minimum atomic E-state index is 0.134. The molecule has 0 aliphatic carbocycles. The number of carbonyl (C=O) groups excluding carboxylic acids is 1. The quantitative estimate of drug-likeness (QED) is 0.365. The van der Waals surface area contributed by atoms with Crippen molar-refractivity contribution in [3.05, 3.63) is 47.3 Å². The molecule has 4 rings (SSSR count). The largest absolute Gasteiger partial charge is 0.348 e. The molecule has 0 saturated carbocycles. The highest BCUT2D eigenvalue weighted by molar-refractivity contribution is 7.99. The number of imidazole rings is 1. The average Bonchev–Trinajstić information content (AvgIpc) is 3.30. The summed E-state index contributed by atoms with van der Waals surface area (Å²) in [7, 11) is 0. The maximum atomic E-state index is 12.9. The predicted molar refractivity (Wildman–Crippen MR) is 113 cm³/mol.